The summed E-state index contributed by atoms with van der Waals surface area (Å²) in [5.41, 5.74) is 2.47. The second kappa shape index (κ2) is 8.49. The predicted octanol–water partition coefficient (Wildman–Crippen LogP) is 3.53. The first-order valence-electron chi connectivity index (χ1n) is 9.53. The molecule has 0 aliphatic carbocycles. The van der Waals surface area contributed by atoms with Crippen LogP contribution in [0.15, 0.2) is 50.4 Å². The van der Waals surface area contributed by atoms with Crippen molar-refractivity contribution >= 4 is 29.9 Å². The number of H-pyrrole nitrogens is 1. The molecular weight excluding hydrogens is 426 g/mol. The van der Waals surface area contributed by atoms with Gasteiger partial charge in [-0.3, -0.25) is 4.79 Å². The molecule has 0 bridgehead atoms. The number of allylic oxidation sites excluding steroid dienone is 3. The molecule has 0 saturated heterocycles. The van der Waals surface area contributed by atoms with Gasteiger partial charge in [0.25, 0.3) is 0 Å². The van der Waals surface area contributed by atoms with E-state index in [2.05, 4.69) is 24.6 Å². The molecule has 4 heterocycles. The number of aromatic nitrogens is 4. The van der Waals surface area contributed by atoms with E-state index < -0.39 is 0 Å². The lowest BCUT2D eigenvalue weighted by atomic mass is 9.99. The van der Waals surface area contributed by atoms with Gasteiger partial charge in [0, 0.05) is 30.8 Å². The van der Waals surface area contributed by atoms with Crippen LogP contribution < -0.4 is 0 Å². The first-order valence-corrected chi connectivity index (χ1v) is 10.3. The van der Waals surface area contributed by atoms with Gasteiger partial charge in [-0.05, 0) is 18.6 Å². The average molecular weight is 446 g/mol. The Kier molecular flexibility index (Phi) is 5.78. The number of imidazole rings is 1. The van der Waals surface area contributed by atoms with Crippen molar-refractivity contribution in [1.82, 2.24) is 30.1 Å². The first kappa shape index (κ1) is 20.4. The fraction of sp³-hybridized carbons (Fsp3) is 0.368. The van der Waals surface area contributed by atoms with E-state index >= 15 is 0 Å². The van der Waals surface area contributed by atoms with Crippen LogP contribution in [0.1, 0.15) is 60.2 Å². The van der Waals surface area contributed by atoms with Crippen molar-refractivity contribution < 1.29 is 9.21 Å². The molecule has 0 aromatic carbocycles. The topological polar surface area (TPSA) is 104 Å². The molecule has 2 aromatic rings. The van der Waals surface area contributed by atoms with Crippen LogP contribution in [0.3, 0.4) is 0 Å². The van der Waals surface area contributed by atoms with E-state index in [0.29, 0.717) is 36.0 Å². The van der Waals surface area contributed by atoms with Crippen LogP contribution in [0.4, 0.5) is 0 Å². The molecule has 1 atom stereocenters. The largest absolute Gasteiger partial charge is 0.417 e. The molecule has 0 fully saturated rings. The second-order valence-electron chi connectivity index (χ2n) is 7.24. The van der Waals surface area contributed by atoms with Gasteiger partial charge < -0.3 is 14.3 Å². The third kappa shape index (κ3) is 3.80. The van der Waals surface area contributed by atoms with Crippen LogP contribution in [-0.4, -0.2) is 42.5 Å². The van der Waals surface area contributed by atoms with Crippen molar-refractivity contribution in [3.63, 3.8) is 0 Å². The number of amides is 1. The van der Waals surface area contributed by atoms with Crippen LogP contribution in [0.25, 0.3) is 0 Å². The number of fused-ring (bicyclic) bond motifs is 1. The summed E-state index contributed by atoms with van der Waals surface area (Å²) in [6.07, 6.45) is 9.92. The predicted molar refractivity (Wildman–Crippen MR) is 112 cm³/mol. The number of carbonyl (C=O) groups is 1. The highest BCUT2D eigenvalue weighted by Crippen LogP contribution is 2.34. The zero-order chi connectivity index (χ0) is 21.3. The Morgan fingerprint density at radius 1 is 1.50 bits per heavy atom. The quantitative estimate of drug-likeness (QED) is 0.750. The molecule has 0 saturated carbocycles. The Hall–Kier alpha value is -2.85. The van der Waals surface area contributed by atoms with Crippen molar-refractivity contribution in [1.29, 1.82) is 0 Å². The summed E-state index contributed by atoms with van der Waals surface area (Å²) in [7, 11) is 0. The molecule has 2 aliphatic heterocycles. The molecule has 2 aliphatic rings. The average Bonchev–Trinajstić information content (AvgIpc) is 3.41. The molecule has 1 amide bonds. The maximum absolute atomic E-state index is 13.2. The minimum atomic E-state index is -0.322. The Morgan fingerprint density at radius 2 is 2.33 bits per heavy atom. The fourth-order valence-electron chi connectivity index (χ4n) is 3.48. The molecule has 0 unspecified atom stereocenters. The molecule has 2 aromatic heterocycles. The minimum Gasteiger partial charge on any atom is -0.417 e. The van der Waals surface area contributed by atoms with Gasteiger partial charge in [-0.25, -0.2) is 9.99 Å². The van der Waals surface area contributed by atoms with E-state index in [4.69, 9.17) is 28.4 Å². The monoisotopic (exact) mass is 445 g/mol. The summed E-state index contributed by atoms with van der Waals surface area (Å²) in [4.78, 5) is 22.5. The lowest BCUT2D eigenvalue weighted by Crippen LogP contribution is -2.40. The first-order chi connectivity index (χ1) is 14.5. The van der Waals surface area contributed by atoms with E-state index in [1.165, 1.54) is 5.01 Å². The molecule has 0 radical (unpaired) electrons. The van der Waals surface area contributed by atoms with Crippen molar-refractivity contribution in [2.24, 2.45) is 4.47 Å². The van der Waals surface area contributed by atoms with Gasteiger partial charge in [0.1, 0.15) is 0 Å². The highest BCUT2D eigenvalue weighted by molar-refractivity contribution is 7.47. The highest BCUT2D eigenvalue weighted by Gasteiger charge is 2.35. The van der Waals surface area contributed by atoms with Crippen LogP contribution in [0.5, 0.6) is 0 Å². The maximum atomic E-state index is 13.2. The number of aromatic amines is 1. The van der Waals surface area contributed by atoms with Crippen molar-refractivity contribution in [2.75, 3.05) is 6.54 Å². The van der Waals surface area contributed by atoms with Gasteiger partial charge in [0.15, 0.2) is 0 Å². The highest BCUT2D eigenvalue weighted by atomic mass is 35.5. The zero-order valence-corrected chi connectivity index (χ0v) is 18.0. The Balaban J connectivity index is 1.64. The van der Waals surface area contributed by atoms with Gasteiger partial charge in [-0.1, -0.05) is 36.0 Å². The van der Waals surface area contributed by atoms with Crippen LogP contribution >= 0.6 is 11.6 Å². The van der Waals surface area contributed by atoms with Crippen molar-refractivity contribution in [2.45, 2.75) is 38.6 Å². The molecule has 156 valence electrons. The Morgan fingerprint density at radius 3 is 3.07 bits per heavy atom. The SMILES string of the molecule is CC(C)c1nnc(C(=O)N2CCc3[nH]cnc3[C@@H]2C/C=C2/C(Cl)=CC=CN2N=S)o1. The van der Waals surface area contributed by atoms with Gasteiger partial charge >= 0.3 is 11.8 Å². The van der Waals surface area contributed by atoms with E-state index in [-0.39, 0.29) is 23.8 Å². The molecule has 0 spiro atoms. The molecule has 11 heteroatoms. The molecule has 9 nitrogen and oxygen atoms in total. The fourth-order valence-corrected chi connectivity index (χ4v) is 3.86. The number of nitrogens with zero attached hydrogens (tertiary/aromatic N) is 6. The summed E-state index contributed by atoms with van der Waals surface area (Å²) in [5, 5.41) is 9.96. The number of hydrogen-bond donors (Lipinski definition) is 1. The van der Waals surface area contributed by atoms with E-state index in [0.717, 1.165) is 11.4 Å². The van der Waals surface area contributed by atoms with Gasteiger partial charge in [-0.15, -0.1) is 10.2 Å². The Labute approximate surface area is 183 Å². The smallest absolute Gasteiger partial charge is 0.311 e. The Bertz CT molecular complexity index is 1050. The van der Waals surface area contributed by atoms with Gasteiger partial charge in [-0.2, -0.15) is 0 Å². The minimum absolute atomic E-state index is 0.0175. The van der Waals surface area contributed by atoms with Crippen LogP contribution in [0.2, 0.25) is 0 Å². The van der Waals surface area contributed by atoms with Gasteiger partial charge in [0.2, 0.25) is 5.89 Å². The van der Waals surface area contributed by atoms with E-state index in [1.807, 2.05) is 19.9 Å². The standard InChI is InChI=1S/C19H20ClN7O2S/c1-11(2)17-23-24-18(29-17)19(28)26-9-7-13-16(22-10-21-13)15(26)6-5-14-12(20)4-3-8-27(14)25-30/h3-5,8,10-11,15H,6-7,9H2,1-2H3,(H,21,22)/b14-5-/t15-/m0/s1. The molecule has 1 N–H and O–H groups in total. The van der Waals surface area contributed by atoms with Crippen LogP contribution in [-0.2, 0) is 18.8 Å². The maximum Gasteiger partial charge on any atom is 0.311 e. The molecular formula is C19H20ClN7O2S. The number of rotatable bonds is 5. The van der Waals surface area contributed by atoms with E-state index in [9.17, 15) is 4.79 Å². The molecule has 4 rings (SSSR count). The van der Waals surface area contributed by atoms with E-state index in [1.54, 1.807) is 29.6 Å². The third-order valence-corrected chi connectivity index (χ3v) is 5.50. The number of hydrogen-bond acceptors (Lipinski definition) is 7. The van der Waals surface area contributed by atoms with Crippen molar-refractivity contribution in [3.8, 4) is 0 Å². The number of carbonyl (C=O) groups excluding carboxylic acids is 1. The summed E-state index contributed by atoms with van der Waals surface area (Å²) >= 11 is 11.2. The summed E-state index contributed by atoms with van der Waals surface area (Å²) < 4.78 is 9.39. The summed E-state index contributed by atoms with van der Waals surface area (Å²) in [5.74, 6) is 0.140. The zero-order valence-electron chi connectivity index (χ0n) is 16.4. The molecule has 30 heavy (non-hydrogen) atoms. The van der Waals surface area contributed by atoms with Gasteiger partial charge in [0.05, 0.1) is 41.2 Å². The number of nitrogens with one attached hydrogen (secondary N) is 1. The number of halogens is 1. The van der Waals surface area contributed by atoms with Crippen LogP contribution in [0, 0.1) is 0 Å². The lowest BCUT2D eigenvalue weighted by Gasteiger charge is -2.33. The normalized spacial score (nSPS) is 19.9. The lowest BCUT2D eigenvalue weighted by molar-refractivity contribution is 0.0613. The summed E-state index contributed by atoms with van der Waals surface area (Å²) in [6.45, 7) is 4.36. The third-order valence-electron chi connectivity index (χ3n) is 5.01. The summed E-state index contributed by atoms with van der Waals surface area (Å²) in [6, 6.07) is -0.322. The second-order valence-corrected chi connectivity index (χ2v) is 7.81. The van der Waals surface area contributed by atoms with Crippen molar-refractivity contribution in [3.05, 3.63) is 64.7 Å².